The first kappa shape index (κ1) is 23.9. The molecule has 0 aliphatic carbocycles. The van der Waals surface area contributed by atoms with Crippen LogP contribution < -0.4 is 16.0 Å². The minimum Gasteiger partial charge on any atom is -0.375 e. The number of unbranched alkanes of at least 4 members (excludes halogenated alkanes) is 1. The summed E-state index contributed by atoms with van der Waals surface area (Å²) in [7, 11) is 2.02. The fourth-order valence-electron chi connectivity index (χ4n) is 3.27. The maximum absolute atomic E-state index is 14.3. The van der Waals surface area contributed by atoms with Crippen LogP contribution in [0.2, 0.25) is 0 Å². The van der Waals surface area contributed by atoms with Gasteiger partial charge in [-0.15, -0.1) is 0 Å². The van der Waals surface area contributed by atoms with Gasteiger partial charge in [-0.2, -0.15) is 11.8 Å². The first-order chi connectivity index (χ1) is 15.4. The maximum Gasteiger partial charge on any atom is 0.227 e. The molecule has 0 bridgehead atoms. The van der Waals surface area contributed by atoms with Crippen molar-refractivity contribution < 1.29 is 13.2 Å². The van der Waals surface area contributed by atoms with Crippen LogP contribution in [-0.2, 0) is 5.75 Å². The fourth-order valence-corrected chi connectivity index (χ4v) is 3.77. The molecular formula is C23H26F3N5S. The molecule has 1 heterocycles. The van der Waals surface area contributed by atoms with Gasteiger partial charge < -0.3 is 16.0 Å². The molecule has 0 saturated heterocycles. The van der Waals surface area contributed by atoms with Gasteiger partial charge >= 0.3 is 0 Å². The predicted octanol–water partition coefficient (Wildman–Crippen LogP) is 5.34. The highest BCUT2D eigenvalue weighted by Gasteiger charge is 2.15. The zero-order chi connectivity index (χ0) is 23.1. The molecule has 3 N–H and O–H groups in total. The number of halogens is 3. The summed E-state index contributed by atoms with van der Waals surface area (Å²) in [5, 5.41) is 3.09. The second-order valence-corrected chi connectivity index (χ2v) is 8.24. The molecule has 9 heteroatoms. The molecule has 0 saturated carbocycles. The lowest BCUT2D eigenvalue weighted by molar-refractivity contribution is 0.580. The smallest absolute Gasteiger partial charge is 0.227 e. The molecule has 1 aromatic heterocycles. The number of hydrogen-bond donors (Lipinski definition) is 2. The lowest BCUT2D eigenvalue weighted by Crippen LogP contribution is -2.19. The fraction of sp³-hybridized carbons (Fsp3) is 0.304. The molecule has 32 heavy (non-hydrogen) atoms. The van der Waals surface area contributed by atoms with Crippen molar-refractivity contribution in [2.45, 2.75) is 18.6 Å². The van der Waals surface area contributed by atoms with Crippen molar-refractivity contribution in [3.63, 3.8) is 0 Å². The zero-order valence-electron chi connectivity index (χ0n) is 18.0. The van der Waals surface area contributed by atoms with Gasteiger partial charge in [-0.3, -0.25) is 0 Å². The molecule has 0 spiro atoms. The highest BCUT2D eigenvalue weighted by atomic mass is 32.2. The largest absolute Gasteiger partial charge is 0.375 e. The van der Waals surface area contributed by atoms with Crippen molar-refractivity contribution in [2.24, 2.45) is 5.73 Å². The Morgan fingerprint density at radius 1 is 1.06 bits per heavy atom. The SMILES string of the molecule is CSCc1cc(Nc2ncc(F)c(-c3ccc(F)cc3F)n2)cc(N(C)CCCCN)c1. The van der Waals surface area contributed by atoms with Crippen molar-refractivity contribution in [1.82, 2.24) is 9.97 Å². The Hall–Kier alpha value is -2.78. The summed E-state index contributed by atoms with van der Waals surface area (Å²) in [4.78, 5) is 10.3. The zero-order valence-corrected chi connectivity index (χ0v) is 18.9. The maximum atomic E-state index is 14.3. The van der Waals surface area contributed by atoms with Crippen LogP contribution in [0.1, 0.15) is 18.4 Å². The van der Waals surface area contributed by atoms with Crippen LogP contribution in [0.3, 0.4) is 0 Å². The third-order valence-electron chi connectivity index (χ3n) is 4.86. The molecule has 0 aliphatic rings. The molecule has 3 aromatic rings. The second kappa shape index (κ2) is 11.2. The number of benzene rings is 2. The van der Waals surface area contributed by atoms with Crippen LogP contribution in [0.4, 0.5) is 30.5 Å². The van der Waals surface area contributed by atoms with Gasteiger partial charge in [0.05, 0.1) is 6.20 Å². The van der Waals surface area contributed by atoms with E-state index in [1.807, 2.05) is 25.4 Å². The Bertz CT molecular complexity index is 1060. The number of hydrogen-bond acceptors (Lipinski definition) is 6. The molecule has 0 unspecified atom stereocenters. The van der Waals surface area contributed by atoms with E-state index >= 15 is 0 Å². The van der Waals surface area contributed by atoms with Crippen molar-refractivity contribution in [1.29, 1.82) is 0 Å². The monoisotopic (exact) mass is 461 g/mol. The number of nitrogens with zero attached hydrogens (tertiary/aromatic N) is 3. The number of nitrogens with two attached hydrogens (primary N) is 1. The van der Waals surface area contributed by atoms with Gasteiger partial charge in [-0.05, 0) is 61.5 Å². The molecule has 0 fully saturated rings. The van der Waals surface area contributed by atoms with E-state index in [1.54, 1.807) is 11.8 Å². The molecule has 0 amide bonds. The number of aromatic nitrogens is 2. The van der Waals surface area contributed by atoms with E-state index in [0.29, 0.717) is 12.6 Å². The molecule has 3 rings (SSSR count). The van der Waals surface area contributed by atoms with Gasteiger partial charge in [0.1, 0.15) is 17.3 Å². The second-order valence-electron chi connectivity index (χ2n) is 7.38. The number of nitrogens with one attached hydrogen (secondary N) is 1. The first-order valence-electron chi connectivity index (χ1n) is 10.2. The number of rotatable bonds is 10. The minimum atomic E-state index is -0.892. The van der Waals surface area contributed by atoms with E-state index in [-0.39, 0.29) is 17.2 Å². The molecule has 0 aliphatic heterocycles. The van der Waals surface area contributed by atoms with Gasteiger partial charge in [-0.25, -0.2) is 23.1 Å². The van der Waals surface area contributed by atoms with E-state index < -0.39 is 17.5 Å². The minimum absolute atomic E-state index is 0.114. The normalized spacial score (nSPS) is 10.9. The topological polar surface area (TPSA) is 67.1 Å². The van der Waals surface area contributed by atoms with Crippen LogP contribution in [0.25, 0.3) is 11.3 Å². The highest BCUT2D eigenvalue weighted by Crippen LogP contribution is 2.28. The molecular weight excluding hydrogens is 435 g/mol. The van der Waals surface area contributed by atoms with Gasteiger partial charge in [0.15, 0.2) is 5.82 Å². The third-order valence-corrected chi connectivity index (χ3v) is 5.49. The van der Waals surface area contributed by atoms with E-state index in [2.05, 4.69) is 26.3 Å². The molecule has 5 nitrogen and oxygen atoms in total. The van der Waals surface area contributed by atoms with E-state index in [1.165, 1.54) is 0 Å². The van der Waals surface area contributed by atoms with Crippen molar-refractivity contribution in [3.8, 4) is 11.3 Å². The quantitative estimate of drug-likeness (QED) is 0.397. The van der Waals surface area contributed by atoms with Gasteiger partial charge in [0, 0.05) is 42.3 Å². The van der Waals surface area contributed by atoms with Crippen LogP contribution >= 0.6 is 11.8 Å². The Kier molecular flexibility index (Phi) is 8.35. The number of thioether (sulfide) groups is 1. The van der Waals surface area contributed by atoms with E-state index in [4.69, 9.17) is 5.73 Å². The van der Waals surface area contributed by atoms with Crippen molar-refractivity contribution in [3.05, 3.63) is 65.6 Å². The van der Waals surface area contributed by atoms with Crippen LogP contribution in [0.5, 0.6) is 0 Å². The van der Waals surface area contributed by atoms with Gasteiger partial charge in [0.25, 0.3) is 0 Å². The van der Waals surface area contributed by atoms with Gasteiger partial charge in [-0.1, -0.05) is 0 Å². The lowest BCUT2D eigenvalue weighted by Gasteiger charge is -2.21. The summed E-state index contributed by atoms with van der Waals surface area (Å²) in [5.74, 6) is -1.50. The molecule has 170 valence electrons. The highest BCUT2D eigenvalue weighted by molar-refractivity contribution is 7.97. The third kappa shape index (κ3) is 6.14. The standard InChI is InChI=1S/C23H26F3N5S/c1-31(8-4-3-7-27)18-10-15(14-32-2)9-17(12-18)29-23-28-13-21(26)22(30-23)19-6-5-16(24)11-20(19)25/h5-6,9-13H,3-4,7-8,14,27H2,1-2H3,(H,28,29,30). The molecule has 2 aromatic carbocycles. The van der Waals surface area contributed by atoms with Crippen LogP contribution in [0, 0.1) is 17.5 Å². The predicted molar refractivity (Wildman–Crippen MR) is 126 cm³/mol. The Balaban J connectivity index is 1.90. The van der Waals surface area contributed by atoms with Gasteiger partial charge in [0.2, 0.25) is 5.95 Å². The number of anilines is 3. The summed E-state index contributed by atoms with van der Waals surface area (Å²) < 4.78 is 41.7. The summed E-state index contributed by atoms with van der Waals surface area (Å²) in [6.45, 7) is 1.52. The summed E-state index contributed by atoms with van der Waals surface area (Å²) in [6, 6.07) is 8.96. The van der Waals surface area contributed by atoms with Crippen LogP contribution in [0.15, 0.2) is 42.6 Å². The summed E-state index contributed by atoms with van der Waals surface area (Å²) in [6.07, 6.45) is 4.93. The molecule has 0 radical (unpaired) electrons. The van der Waals surface area contributed by atoms with Crippen molar-refractivity contribution in [2.75, 3.05) is 36.6 Å². The van der Waals surface area contributed by atoms with E-state index in [0.717, 1.165) is 60.4 Å². The Labute approximate surface area is 190 Å². The lowest BCUT2D eigenvalue weighted by atomic mass is 10.1. The Morgan fingerprint density at radius 2 is 1.88 bits per heavy atom. The van der Waals surface area contributed by atoms with Crippen molar-refractivity contribution >= 4 is 29.1 Å². The first-order valence-corrected chi connectivity index (χ1v) is 11.6. The summed E-state index contributed by atoms with van der Waals surface area (Å²) >= 11 is 1.70. The van der Waals surface area contributed by atoms with Crippen LogP contribution in [-0.4, -0.2) is 36.4 Å². The average molecular weight is 462 g/mol. The van der Waals surface area contributed by atoms with E-state index in [9.17, 15) is 13.2 Å². The molecule has 0 atom stereocenters. The average Bonchev–Trinajstić information content (AvgIpc) is 2.75. The summed E-state index contributed by atoms with van der Waals surface area (Å²) in [5.41, 5.74) is 8.08. The Morgan fingerprint density at radius 3 is 2.59 bits per heavy atom.